The number of rotatable bonds is 3. The van der Waals surface area contributed by atoms with Crippen molar-refractivity contribution in [2.45, 2.75) is 19.4 Å². The van der Waals surface area contributed by atoms with Gasteiger partial charge in [-0.2, -0.15) is 4.39 Å². The number of nitrogens with zero attached hydrogens (tertiary/aromatic N) is 2. The number of benzene rings is 1. The van der Waals surface area contributed by atoms with Crippen LogP contribution < -0.4 is 0 Å². The summed E-state index contributed by atoms with van der Waals surface area (Å²) in [4.78, 5) is 23.0. The maximum Gasteiger partial charge on any atom is 0.305 e. The van der Waals surface area contributed by atoms with E-state index in [0.717, 1.165) is 0 Å². The zero-order valence-corrected chi connectivity index (χ0v) is 11.3. The third kappa shape index (κ3) is 2.85. The Hall–Kier alpha value is -2.09. The lowest BCUT2D eigenvalue weighted by atomic mass is 10.0. The standard InChI is InChI=1S/C13H14F2N2O4/c1-7(18)8-4-5-16(6-8)13(19)11-9(14)2-3-10(12(11)15)17(20)21/h2-3,7-8,18H,4-6H2,1H3. The highest BCUT2D eigenvalue weighted by atomic mass is 19.1. The summed E-state index contributed by atoms with van der Waals surface area (Å²) in [5.74, 6) is -3.70. The monoisotopic (exact) mass is 300 g/mol. The van der Waals surface area contributed by atoms with Crippen molar-refractivity contribution in [2.24, 2.45) is 5.92 Å². The molecule has 0 radical (unpaired) electrons. The van der Waals surface area contributed by atoms with Gasteiger partial charge in [-0.15, -0.1) is 0 Å². The molecule has 1 heterocycles. The minimum absolute atomic E-state index is 0.165. The first-order chi connectivity index (χ1) is 9.82. The van der Waals surface area contributed by atoms with Crippen LogP contribution in [0.4, 0.5) is 14.5 Å². The highest BCUT2D eigenvalue weighted by Gasteiger charge is 2.34. The van der Waals surface area contributed by atoms with Crippen LogP contribution in [0, 0.1) is 27.7 Å². The van der Waals surface area contributed by atoms with Crippen LogP contribution in [0.5, 0.6) is 0 Å². The number of aliphatic hydroxyl groups excluding tert-OH is 1. The van der Waals surface area contributed by atoms with E-state index in [1.807, 2.05) is 0 Å². The van der Waals surface area contributed by atoms with Gasteiger partial charge in [0.05, 0.1) is 11.0 Å². The molecule has 8 heteroatoms. The highest BCUT2D eigenvalue weighted by molar-refractivity contribution is 5.95. The number of carbonyl (C=O) groups excluding carboxylic acids is 1. The number of halogens is 2. The summed E-state index contributed by atoms with van der Waals surface area (Å²) in [6.45, 7) is 1.99. The van der Waals surface area contributed by atoms with E-state index in [9.17, 15) is 28.8 Å². The second kappa shape index (κ2) is 5.72. The van der Waals surface area contributed by atoms with E-state index >= 15 is 0 Å². The van der Waals surface area contributed by atoms with Gasteiger partial charge in [-0.05, 0) is 19.4 Å². The predicted octanol–water partition coefficient (Wildman–Crippen LogP) is 1.72. The Bertz CT molecular complexity index is 592. The molecule has 2 unspecified atom stereocenters. The molecule has 1 N–H and O–H groups in total. The molecular formula is C13H14F2N2O4. The molecule has 0 aliphatic carbocycles. The van der Waals surface area contributed by atoms with Gasteiger partial charge >= 0.3 is 5.69 Å². The van der Waals surface area contributed by atoms with Crippen molar-refractivity contribution in [3.05, 3.63) is 39.4 Å². The molecule has 0 aromatic heterocycles. The molecule has 6 nitrogen and oxygen atoms in total. The van der Waals surface area contributed by atoms with E-state index in [0.29, 0.717) is 18.6 Å². The number of nitro benzene ring substituents is 1. The molecule has 1 aromatic rings. The molecule has 2 atom stereocenters. The van der Waals surface area contributed by atoms with Crippen molar-refractivity contribution in [3.63, 3.8) is 0 Å². The van der Waals surface area contributed by atoms with Gasteiger partial charge in [-0.25, -0.2) is 4.39 Å². The lowest BCUT2D eigenvalue weighted by molar-refractivity contribution is -0.387. The van der Waals surface area contributed by atoms with E-state index < -0.39 is 39.8 Å². The van der Waals surface area contributed by atoms with Gasteiger partial charge in [0.15, 0.2) is 0 Å². The third-order valence-electron chi connectivity index (χ3n) is 3.68. The van der Waals surface area contributed by atoms with E-state index in [1.165, 1.54) is 4.90 Å². The Labute approximate surface area is 119 Å². The molecule has 1 saturated heterocycles. The molecular weight excluding hydrogens is 286 g/mol. The molecule has 1 amide bonds. The highest BCUT2D eigenvalue weighted by Crippen LogP contribution is 2.27. The topological polar surface area (TPSA) is 83.7 Å². The summed E-state index contributed by atoms with van der Waals surface area (Å²) >= 11 is 0. The SMILES string of the molecule is CC(O)C1CCN(C(=O)c2c(F)ccc([N+](=O)[O-])c2F)C1. The van der Waals surface area contributed by atoms with Crippen LogP contribution in [0.2, 0.25) is 0 Å². The van der Waals surface area contributed by atoms with Crippen molar-refractivity contribution in [1.29, 1.82) is 0 Å². The fraction of sp³-hybridized carbons (Fsp3) is 0.462. The maximum absolute atomic E-state index is 14.0. The molecule has 0 saturated carbocycles. The first-order valence-electron chi connectivity index (χ1n) is 6.42. The Morgan fingerprint density at radius 3 is 2.71 bits per heavy atom. The van der Waals surface area contributed by atoms with Crippen LogP contribution in [0.25, 0.3) is 0 Å². The van der Waals surface area contributed by atoms with Crippen molar-refractivity contribution >= 4 is 11.6 Å². The van der Waals surface area contributed by atoms with Gasteiger partial charge < -0.3 is 10.0 Å². The molecule has 1 aromatic carbocycles. The molecule has 2 rings (SSSR count). The van der Waals surface area contributed by atoms with E-state index in [2.05, 4.69) is 0 Å². The number of carbonyl (C=O) groups is 1. The summed E-state index contributed by atoms with van der Waals surface area (Å²) in [6.07, 6.45) is -0.121. The number of hydrogen-bond donors (Lipinski definition) is 1. The first-order valence-corrected chi connectivity index (χ1v) is 6.42. The minimum atomic E-state index is -1.47. The van der Waals surface area contributed by atoms with Gasteiger partial charge in [0.2, 0.25) is 5.82 Å². The van der Waals surface area contributed by atoms with Crippen molar-refractivity contribution in [1.82, 2.24) is 4.90 Å². The number of nitro groups is 1. The second-order valence-electron chi connectivity index (χ2n) is 5.05. The fourth-order valence-corrected chi connectivity index (χ4v) is 2.40. The molecule has 1 aliphatic heterocycles. The summed E-state index contributed by atoms with van der Waals surface area (Å²) < 4.78 is 27.7. The molecule has 0 spiro atoms. The van der Waals surface area contributed by atoms with E-state index in [4.69, 9.17) is 0 Å². The third-order valence-corrected chi connectivity index (χ3v) is 3.68. The quantitative estimate of drug-likeness (QED) is 0.680. The van der Waals surface area contributed by atoms with E-state index in [1.54, 1.807) is 6.92 Å². The number of likely N-dealkylation sites (tertiary alicyclic amines) is 1. The van der Waals surface area contributed by atoms with Crippen molar-refractivity contribution in [3.8, 4) is 0 Å². The largest absolute Gasteiger partial charge is 0.393 e. The van der Waals surface area contributed by atoms with Crippen LogP contribution in [-0.2, 0) is 0 Å². The zero-order chi connectivity index (χ0) is 15.7. The van der Waals surface area contributed by atoms with Gasteiger partial charge in [0.25, 0.3) is 5.91 Å². The van der Waals surface area contributed by atoms with Gasteiger partial charge in [-0.3, -0.25) is 14.9 Å². The molecule has 114 valence electrons. The van der Waals surface area contributed by atoms with Crippen LogP contribution in [-0.4, -0.2) is 40.0 Å². The fourth-order valence-electron chi connectivity index (χ4n) is 2.40. The van der Waals surface area contributed by atoms with Crippen LogP contribution in [0.1, 0.15) is 23.7 Å². The lowest BCUT2D eigenvalue weighted by Gasteiger charge is -2.18. The first kappa shape index (κ1) is 15.3. The van der Waals surface area contributed by atoms with Crippen LogP contribution >= 0.6 is 0 Å². The summed E-state index contributed by atoms with van der Waals surface area (Å²) in [7, 11) is 0. The normalized spacial score (nSPS) is 19.6. The van der Waals surface area contributed by atoms with Crippen LogP contribution in [0.15, 0.2) is 12.1 Å². The zero-order valence-electron chi connectivity index (χ0n) is 11.3. The maximum atomic E-state index is 14.0. The van der Waals surface area contributed by atoms with Gasteiger partial charge in [0, 0.05) is 25.1 Å². The summed E-state index contributed by atoms with van der Waals surface area (Å²) in [5.41, 5.74) is -1.86. The molecule has 0 bridgehead atoms. The number of hydrogen-bond acceptors (Lipinski definition) is 4. The Morgan fingerprint density at radius 1 is 1.52 bits per heavy atom. The minimum Gasteiger partial charge on any atom is -0.393 e. The average molecular weight is 300 g/mol. The Kier molecular flexibility index (Phi) is 4.17. The average Bonchev–Trinajstić information content (AvgIpc) is 2.87. The molecule has 1 fully saturated rings. The summed E-state index contributed by atoms with van der Waals surface area (Å²) in [5, 5.41) is 20.1. The van der Waals surface area contributed by atoms with E-state index in [-0.39, 0.29) is 19.0 Å². The predicted molar refractivity (Wildman–Crippen MR) is 68.7 cm³/mol. The lowest BCUT2D eigenvalue weighted by Crippen LogP contribution is -2.31. The summed E-state index contributed by atoms with van der Waals surface area (Å²) in [6, 6.07) is 1.39. The number of amides is 1. The Morgan fingerprint density at radius 2 is 2.19 bits per heavy atom. The molecule has 21 heavy (non-hydrogen) atoms. The van der Waals surface area contributed by atoms with Gasteiger partial charge in [-0.1, -0.05) is 0 Å². The van der Waals surface area contributed by atoms with Crippen molar-refractivity contribution in [2.75, 3.05) is 13.1 Å². The smallest absolute Gasteiger partial charge is 0.305 e. The number of aliphatic hydroxyl groups is 1. The van der Waals surface area contributed by atoms with Crippen molar-refractivity contribution < 1.29 is 23.6 Å². The van der Waals surface area contributed by atoms with Crippen LogP contribution in [0.3, 0.4) is 0 Å². The second-order valence-corrected chi connectivity index (χ2v) is 5.05. The van der Waals surface area contributed by atoms with Gasteiger partial charge in [0.1, 0.15) is 11.4 Å². The Balaban J connectivity index is 2.32. The molecule has 1 aliphatic rings.